The molecule has 0 spiro atoms. The van der Waals surface area contributed by atoms with Crippen LogP contribution in [0, 0.1) is 5.41 Å². The van der Waals surface area contributed by atoms with E-state index in [2.05, 4.69) is 5.32 Å². The standard InChI is InChI=1S/C27H38N6O5/c1-18-9-7-12-20(16-38-26(36)32-14-8-13-22(32)24(29)34)33(18)23(28)21(31-25(35)27(2,3)30)17-37-15-19-10-5-4-6-11-19/h4-7,9-12,18,21-22,28H,8,13-17,30H2,1-3H3,(H2,29,34)(H,31,35). The van der Waals surface area contributed by atoms with Gasteiger partial charge in [0.2, 0.25) is 11.8 Å². The number of benzene rings is 1. The van der Waals surface area contributed by atoms with Gasteiger partial charge in [-0.15, -0.1) is 0 Å². The van der Waals surface area contributed by atoms with Crippen LogP contribution in [0.2, 0.25) is 0 Å². The van der Waals surface area contributed by atoms with Gasteiger partial charge in [-0.2, -0.15) is 0 Å². The fourth-order valence-corrected chi connectivity index (χ4v) is 4.32. The number of amides is 3. The maximum absolute atomic E-state index is 12.8. The van der Waals surface area contributed by atoms with Gasteiger partial charge < -0.3 is 31.2 Å². The normalized spacial score (nSPS) is 20.1. The summed E-state index contributed by atoms with van der Waals surface area (Å²) in [6.07, 6.45) is 5.99. The maximum Gasteiger partial charge on any atom is 0.410 e. The average molecular weight is 527 g/mol. The number of likely N-dealkylation sites (tertiary alicyclic amines) is 1. The number of nitrogens with one attached hydrogen (secondary N) is 2. The molecule has 6 N–H and O–H groups in total. The molecule has 2 aliphatic rings. The minimum absolute atomic E-state index is 0.0314. The molecule has 3 atom stereocenters. The summed E-state index contributed by atoms with van der Waals surface area (Å²) in [7, 11) is 0. The van der Waals surface area contributed by atoms with Crippen molar-refractivity contribution < 1.29 is 23.9 Å². The molecule has 3 unspecified atom stereocenters. The summed E-state index contributed by atoms with van der Waals surface area (Å²) in [6, 6.07) is 7.82. The van der Waals surface area contributed by atoms with E-state index < -0.39 is 35.5 Å². The van der Waals surface area contributed by atoms with Crippen LogP contribution in [0.4, 0.5) is 4.79 Å². The van der Waals surface area contributed by atoms with Crippen molar-refractivity contribution in [1.82, 2.24) is 15.1 Å². The van der Waals surface area contributed by atoms with Crippen LogP contribution < -0.4 is 16.8 Å². The quantitative estimate of drug-likeness (QED) is 0.266. The van der Waals surface area contributed by atoms with Crippen LogP contribution >= 0.6 is 0 Å². The van der Waals surface area contributed by atoms with E-state index in [1.54, 1.807) is 24.8 Å². The Hall–Kier alpha value is -3.70. The highest BCUT2D eigenvalue weighted by atomic mass is 16.6. The molecule has 2 heterocycles. The Morgan fingerprint density at radius 2 is 1.92 bits per heavy atom. The first-order chi connectivity index (χ1) is 18.0. The lowest BCUT2D eigenvalue weighted by molar-refractivity contribution is -0.126. The lowest BCUT2D eigenvalue weighted by Crippen LogP contribution is -2.58. The van der Waals surface area contributed by atoms with Crippen LogP contribution in [0.5, 0.6) is 0 Å². The molecule has 11 nitrogen and oxygen atoms in total. The number of nitrogens with two attached hydrogens (primary N) is 2. The number of nitrogens with zero attached hydrogens (tertiary/aromatic N) is 2. The van der Waals surface area contributed by atoms with E-state index in [4.69, 9.17) is 26.4 Å². The number of amidine groups is 1. The highest BCUT2D eigenvalue weighted by Crippen LogP contribution is 2.22. The summed E-state index contributed by atoms with van der Waals surface area (Å²) in [5, 5.41) is 11.9. The lowest BCUT2D eigenvalue weighted by atomic mass is 10.0. The van der Waals surface area contributed by atoms with Gasteiger partial charge in [0.05, 0.1) is 30.5 Å². The number of carbonyl (C=O) groups is 3. The van der Waals surface area contributed by atoms with Crippen molar-refractivity contribution >= 4 is 23.7 Å². The fraction of sp³-hybridized carbons (Fsp3) is 0.481. The molecule has 11 heteroatoms. The largest absolute Gasteiger partial charge is 0.443 e. The second-order valence-corrected chi connectivity index (χ2v) is 10.1. The molecule has 1 aromatic carbocycles. The van der Waals surface area contributed by atoms with Gasteiger partial charge in [0.25, 0.3) is 0 Å². The molecule has 3 rings (SSSR count). The van der Waals surface area contributed by atoms with Crippen LogP contribution in [-0.4, -0.2) is 77.0 Å². The molecular weight excluding hydrogens is 488 g/mol. The predicted molar refractivity (Wildman–Crippen MR) is 143 cm³/mol. The number of ether oxygens (including phenoxy) is 2. The van der Waals surface area contributed by atoms with E-state index >= 15 is 0 Å². The molecule has 1 aromatic rings. The van der Waals surface area contributed by atoms with Crippen molar-refractivity contribution in [2.45, 2.75) is 63.9 Å². The first-order valence-electron chi connectivity index (χ1n) is 12.7. The molecule has 1 fully saturated rings. The number of hydrogen-bond donors (Lipinski definition) is 4. The van der Waals surface area contributed by atoms with E-state index in [9.17, 15) is 14.4 Å². The van der Waals surface area contributed by atoms with Crippen LogP contribution in [0.25, 0.3) is 0 Å². The van der Waals surface area contributed by atoms with Gasteiger partial charge >= 0.3 is 6.09 Å². The number of primary amides is 1. The van der Waals surface area contributed by atoms with Crippen LogP contribution in [0.3, 0.4) is 0 Å². The summed E-state index contributed by atoms with van der Waals surface area (Å²) in [5.74, 6) is -0.932. The molecule has 1 saturated heterocycles. The Labute approximate surface area is 223 Å². The van der Waals surface area contributed by atoms with Gasteiger partial charge in [0.1, 0.15) is 24.5 Å². The predicted octanol–water partition coefficient (Wildman–Crippen LogP) is 1.63. The minimum atomic E-state index is -1.16. The zero-order chi connectivity index (χ0) is 27.9. The monoisotopic (exact) mass is 526 g/mol. The Bertz CT molecular complexity index is 1080. The first kappa shape index (κ1) is 28.9. The Balaban J connectivity index is 1.72. The summed E-state index contributed by atoms with van der Waals surface area (Å²) < 4.78 is 11.4. The molecule has 206 valence electrons. The van der Waals surface area contributed by atoms with Gasteiger partial charge in [-0.1, -0.05) is 42.5 Å². The van der Waals surface area contributed by atoms with Gasteiger partial charge in [-0.05, 0) is 45.3 Å². The molecule has 3 amide bonds. The molecule has 0 aliphatic carbocycles. The molecule has 0 bridgehead atoms. The third-order valence-corrected chi connectivity index (χ3v) is 6.43. The highest BCUT2D eigenvalue weighted by molar-refractivity contribution is 5.94. The average Bonchev–Trinajstić information content (AvgIpc) is 3.37. The first-order valence-corrected chi connectivity index (χ1v) is 12.7. The SMILES string of the molecule is CC1C=CC=C(COC(=O)N2CCCC2C(N)=O)N1C(=N)C(COCc1ccccc1)NC(=O)C(C)(C)N. The summed E-state index contributed by atoms with van der Waals surface area (Å²) in [5.41, 5.74) is 11.8. The van der Waals surface area contributed by atoms with Crippen LogP contribution in [0.15, 0.2) is 54.3 Å². The maximum atomic E-state index is 12.8. The summed E-state index contributed by atoms with van der Waals surface area (Å²) in [4.78, 5) is 40.2. The topological polar surface area (TPSA) is 164 Å². The van der Waals surface area contributed by atoms with Gasteiger partial charge in [-0.3, -0.25) is 19.9 Å². The minimum Gasteiger partial charge on any atom is -0.443 e. The van der Waals surface area contributed by atoms with E-state index in [-0.39, 0.29) is 25.1 Å². The van der Waals surface area contributed by atoms with E-state index in [0.29, 0.717) is 31.7 Å². The van der Waals surface area contributed by atoms with Crippen LogP contribution in [-0.2, 0) is 25.7 Å². The molecule has 2 aliphatic heterocycles. The lowest BCUT2D eigenvalue weighted by Gasteiger charge is -2.37. The van der Waals surface area contributed by atoms with Crippen molar-refractivity contribution in [2.24, 2.45) is 11.5 Å². The summed E-state index contributed by atoms with van der Waals surface area (Å²) >= 11 is 0. The van der Waals surface area contributed by atoms with Crippen molar-refractivity contribution in [3.8, 4) is 0 Å². The van der Waals surface area contributed by atoms with Gasteiger partial charge in [-0.25, -0.2) is 4.79 Å². The van der Waals surface area contributed by atoms with E-state index in [1.807, 2.05) is 49.4 Å². The van der Waals surface area contributed by atoms with Crippen LogP contribution in [0.1, 0.15) is 39.2 Å². The fourth-order valence-electron chi connectivity index (χ4n) is 4.32. The molecular formula is C27H38N6O5. The Kier molecular flexibility index (Phi) is 9.65. The molecule has 0 radical (unpaired) electrons. The van der Waals surface area contributed by atoms with E-state index in [0.717, 1.165) is 5.56 Å². The zero-order valence-corrected chi connectivity index (χ0v) is 22.2. The smallest absolute Gasteiger partial charge is 0.410 e. The van der Waals surface area contributed by atoms with Crippen molar-refractivity contribution in [3.05, 3.63) is 59.8 Å². The third kappa shape index (κ3) is 7.42. The van der Waals surface area contributed by atoms with E-state index in [1.165, 1.54) is 4.90 Å². The van der Waals surface area contributed by atoms with Gasteiger partial charge in [0.15, 0.2) is 0 Å². The molecule has 0 aromatic heterocycles. The van der Waals surface area contributed by atoms with Crippen molar-refractivity contribution in [3.63, 3.8) is 0 Å². The molecule has 0 saturated carbocycles. The number of allylic oxidation sites excluding steroid dienone is 2. The van der Waals surface area contributed by atoms with Crippen molar-refractivity contribution in [1.29, 1.82) is 5.41 Å². The zero-order valence-electron chi connectivity index (χ0n) is 22.2. The second kappa shape index (κ2) is 12.7. The van der Waals surface area contributed by atoms with Gasteiger partial charge in [0, 0.05) is 6.54 Å². The Morgan fingerprint density at radius 1 is 1.21 bits per heavy atom. The summed E-state index contributed by atoms with van der Waals surface area (Å²) in [6.45, 7) is 5.66. The third-order valence-electron chi connectivity index (χ3n) is 6.43. The number of hydrogen-bond acceptors (Lipinski definition) is 7. The Morgan fingerprint density at radius 3 is 2.58 bits per heavy atom. The number of rotatable bonds is 10. The number of carbonyl (C=O) groups excluding carboxylic acids is 3. The second-order valence-electron chi connectivity index (χ2n) is 10.1. The van der Waals surface area contributed by atoms with Crippen molar-refractivity contribution in [2.75, 3.05) is 19.8 Å². The molecule has 38 heavy (non-hydrogen) atoms. The highest BCUT2D eigenvalue weighted by Gasteiger charge is 2.35.